The zero-order valence-corrected chi connectivity index (χ0v) is 17.3. The van der Waals surface area contributed by atoms with E-state index in [0.29, 0.717) is 5.56 Å². The maximum absolute atomic E-state index is 11.6. The van der Waals surface area contributed by atoms with E-state index >= 15 is 0 Å². The number of carbonyl (C=O) groups excluding carboxylic acids is 1. The predicted octanol–water partition coefficient (Wildman–Crippen LogP) is 3.61. The van der Waals surface area contributed by atoms with Crippen molar-refractivity contribution in [2.45, 2.75) is 24.7 Å². The first-order valence-corrected chi connectivity index (χ1v) is 10.6. The van der Waals surface area contributed by atoms with Crippen LogP contribution in [0, 0.1) is 0 Å². The van der Waals surface area contributed by atoms with Crippen LogP contribution in [0.3, 0.4) is 0 Å². The smallest absolute Gasteiger partial charge is 0.337 e. The Balaban J connectivity index is 1.47. The van der Waals surface area contributed by atoms with Gasteiger partial charge in [-0.25, -0.2) is 14.8 Å². The van der Waals surface area contributed by atoms with Crippen molar-refractivity contribution in [3.8, 4) is 11.3 Å². The Bertz CT molecular complexity index is 1020. The summed E-state index contributed by atoms with van der Waals surface area (Å²) >= 11 is 1.58. The van der Waals surface area contributed by atoms with Crippen molar-refractivity contribution >= 4 is 17.7 Å². The van der Waals surface area contributed by atoms with Crippen LogP contribution in [-0.2, 0) is 24.2 Å². The fraction of sp³-hybridized carbons (Fsp3) is 0.273. The molecule has 0 N–H and O–H groups in total. The number of pyridine rings is 1. The Morgan fingerprint density at radius 1 is 1.17 bits per heavy atom. The number of ether oxygens (including phenoxy) is 1. The van der Waals surface area contributed by atoms with E-state index in [-0.39, 0.29) is 5.97 Å². The number of hydrogen-bond donors (Lipinski definition) is 0. The number of aromatic nitrogens is 3. The highest BCUT2D eigenvalue weighted by Gasteiger charge is 2.19. The van der Waals surface area contributed by atoms with Crippen LogP contribution in [0.5, 0.6) is 0 Å². The van der Waals surface area contributed by atoms with E-state index in [1.807, 2.05) is 36.7 Å². The summed E-state index contributed by atoms with van der Waals surface area (Å²) in [6.45, 7) is 2.57. The normalized spacial score (nSPS) is 13.7. The van der Waals surface area contributed by atoms with Gasteiger partial charge in [0.25, 0.3) is 0 Å². The molecule has 0 bridgehead atoms. The number of carbonyl (C=O) groups is 1. The summed E-state index contributed by atoms with van der Waals surface area (Å²) in [5.41, 5.74) is 5.78. The minimum absolute atomic E-state index is 0.336. The van der Waals surface area contributed by atoms with E-state index in [0.717, 1.165) is 53.9 Å². The molecule has 148 valence electrons. The average Bonchev–Trinajstić information content (AvgIpc) is 2.78. The topological polar surface area (TPSA) is 68.2 Å². The second-order valence-electron chi connectivity index (χ2n) is 6.87. The predicted molar refractivity (Wildman–Crippen MR) is 113 cm³/mol. The molecule has 1 aliphatic heterocycles. The molecule has 0 atom stereocenters. The van der Waals surface area contributed by atoms with Crippen molar-refractivity contribution in [3.05, 3.63) is 71.2 Å². The lowest BCUT2D eigenvalue weighted by molar-refractivity contribution is 0.0601. The molecule has 0 saturated heterocycles. The first-order valence-electron chi connectivity index (χ1n) is 9.42. The van der Waals surface area contributed by atoms with Gasteiger partial charge in [0, 0.05) is 43.4 Å². The van der Waals surface area contributed by atoms with Crippen molar-refractivity contribution in [3.63, 3.8) is 0 Å². The van der Waals surface area contributed by atoms with Crippen LogP contribution in [0.4, 0.5) is 0 Å². The quantitative estimate of drug-likeness (QED) is 0.364. The third-order valence-corrected chi connectivity index (χ3v) is 5.53. The number of esters is 1. The van der Waals surface area contributed by atoms with Gasteiger partial charge in [-0.2, -0.15) is 0 Å². The van der Waals surface area contributed by atoms with E-state index < -0.39 is 0 Å². The maximum atomic E-state index is 11.6. The molecule has 1 aromatic carbocycles. The second kappa shape index (κ2) is 8.71. The molecule has 0 aliphatic carbocycles. The summed E-state index contributed by atoms with van der Waals surface area (Å²) in [4.78, 5) is 27.8. The Kier molecular flexibility index (Phi) is 5.87. The standard InChI is InChI=1S/C22H22N4O2S/c1-28-21(27)16-8-6-15(7-9-16)19-5-3-4-18(24-19)14-26-11-10-20-17(13-26)12-23-22(25-20)29-2/h3-9,12H,10-11,13-14H2,1-2H3. The molecule has 0 saturated carbocycles. The van der Waals surface area contributed by atoms with E-state index in [4.69, 9.17) is 9.72 Å². The van der Waals surface area contributed by atoms with Gasteiger partial charge in [0.05, 0.1) is 29.8 Å². The molecule has 0 unspecified atom stereocenters. The highest BCUT2D eigenvalue weighted by molar-refractivity contribution is 7.98. The summed E-state index contributed by atoms with van der Waals surface area (Å²) in [6, 6.07) is 13.4. The van der Waals surface area contributed by atoms with Crippen molar-refractivity contribution in [2.24, 2.45) is 0 Å². The fourth-order valence-electron chi connectivity index (χ4n) is 3.44. The number of fused-ring (bicyclic) bond motifs is 1. The minimum atomic E-state index is -0.336. The average molecular weight is 407 g/mol. The second-order valence-corrected chi connectivity index (χ2v) is 7.65. The summed E-state index contributed by atoms with van der Waals surface area (Å²) in [7, 11) is 1.38. The zero-order chi connectivity index (χ0) is 20.2. The molecular weight excluding hydrogens is 384 g/mol. The van der Waals surface area contributed by atoms with E-state index in [1.165, 1.54) is 12.7 Å². The highest BCUT2D eigenvalue weighted by atomic mass is 32.2. The summed E-state index contributed by atoms with van der Waals surface area (Å²) in [5, 5.41) is 0.838. The number of thioether (sulfide) groups is 1. The molecule has 7 heteroatoms. The number of benzene rings is 1. The molecule has 6 nitrogen and oxygen atoms in total. The van der Waals surface area contributed by atoms with Crippen LogP contribution in [0.25, 0.3) is 11.3 Å². The van der Waals surface area contributed by atoms with Gasteiger partial charge < -0.3 is 4.74 Å². The highest BCUT2D eigenvalue weighted by Crippen LogP contribution is 2.22. The molecule has 2 aromatic heterocycles. The lowest BCUT2D eigenvalue weighted by Crippen LogP contribution is -2.31. The maximum Gasteiger partial charge on any atom is 0.337 e. The molecule has 1 aliphatic rings. The molecule has 0 radical (unpaired) electrons. The van der Waals surface area contributed by atoms with Gasteiger partial charge in [-0.3, -0.25) is 9.88 Å². The van der Waals surface area contributed by atoms with Crippen LogP contribution < -0.4 is 0 Å². The van der Waals surface area contributed by atoms with Crippen LogP contribution in [0.15, 0.2) is 53.8 Å². The number of rotatable bonds is 5. The lowest BCUT2D eigenvalue weighted by atomic mass is 10.1. The van der Waals surface area contributed by atoms with Gasteiger partial charge in [0.15, 0.2) is 5.16 Å². The van der Waals surface area contributed by atoms with Crippen LogP contribution in [-0.4, -0.2) is 45.7 Å². The Hall–Kier alpha value is -2.77. The molecular formula is C22H22N4O2S. The van der Waals surface area contributed by atoms with Crippen molar-refractivity contribution in [1.29, 1.82) is 0 Å². The first-order chi connectivity index (χ1) is 14.2. The van der Waals surface area contributed by atoms with E-state index in [2.05, 4.69) is 20.9 Å². The van der Waals surface area contributed by atoms with Crippen LogP contribution in [0.1, 0.15) is 27.3 Å². The lowest BCUT2D eigenvalue weighted by Gasteiger charge is -2.27. The third kappa shape index (κ3) is 4.46. The summed E-state index contributed by atoms with van der Waals surface area (Å²) < 4.78 is 4.75. The number of methoxy groups -OCH3 is 1. The SMILES string of the molecule is COC(=O)c1ccc(-c2cccc(CN3CCc4nc(SC)ncc4C3)n2)cc1. The molecule has 3 aromatic rings. The summed E-state index contributed by atoms with van der Waals surface area (Å²) in [6.07, 6.45) is 4.88. The van der Waals surface area contributed by atoms with E-state index in [9.17, 15) is 4.79 Å². The number of nitrogens with zero attached hydrogens (tertiary/aromatic N) is 4. The van der Waals surface area contributed by atoms with Crippen molar-refractivity contribution in [2.75, 3.05) is 19.9 Å². The van der Waals surface area contributed by atoms with Crippen molar-refractivity contribution < 1.29 is 9.53 Å². The monoisotopic (exact) mass is 406 g/mol. The fourth-order valence-corrected chi connectivity index (χ4v) is 3.80. The Labute approximate surface area is 174 Å². The minimum Gasteiger partial charge on any atom is -0.465 e. The van der Waals surface area contributed by atoms with Gasteiger partial charge >= 0.3 is 5.97 Å². The Morgan fingerprint density at radius 2 is 2.00 bits per heavy atom. The molecule has 4 rings (SSSR count). The van der Waals surface area contributed by atoms with Crippen LogP contribution in [0.2, 0.25) is 0 Å². The van der Waals surface area contributed by atoms with Gasteiger partial charge in [0.1, 0.15) is 0 Å². The molecule has 29 heavy (non-hydrogen) atoms. The van der Waals surface area contributed by atoms with Crippen molar-refractivity contribution in [1.82, 2.24) is 19.9 Å². The molecule has 0 spiro atoms. The van der Waals surface area contributed by atoms with E-state index in [1.54, 1.807) is 23.9 Å². The van der Waals surface area contributed by atoms with Gasteiger partial charge in [-0.15, -0.1) is 0 Å². The summed E-state index contributed by atoms with van der Waals surface area (Å²) in [5.74, 6) is -0.336. The molecule has 0 amide bonds. The third-order valence-electron chi connectivity index (χ3n) is 4.97. The van der Waals surface area contributed by atoms with Gasteiger partial charge in [0.2, 0.25) is 0 Å². The van der Waals surface area contributed by atoms with Crippen LogP contribution >= 0.6 is 11.8 Å². The first kappa shape index (κ1) is 19.5. The largest absolute Gasteiger partial charge is 0.465 e. The zero-order valence-electron chi connectivity index (χ0n) is 16.5. The van der Waals surface area contributed by atoms with Gasteiger partial charge in [-0.05, 0) is 30.5 Å². The van der Waals surface area contributed by atoms with Gasteiger partial charge in [-0.1, -0.05) is 30.0 Å². The molecule has 3 heterocycles. The Morgan fingerprint density at radius 3 is 2.76 bits per heavy atom. The molecule has 0 fully saturated rings. The number of hydrogen-bond acceptors (Lipinski definition) is 7.